The summed E-state index contributed by atoms with van der Waals surface area (Å²) >= 11 is 0. The van der Waals surface area contributed by atoms with E-state index in [1.165, 1.54) is 6.42 Å². The van der Waals surface area contributed by atoms with Crippen molar-refractivity contribution in [3.05, 3.63) is 30.0 Å². The standard InChI is InChI=1S/C20H26N2O3/c1-20(2,3)22-19(24)17-16(14-11-7-8-12-15(14)25-17)21-18(23)13-9-5-4-6-10-13/h7-8,11-13H,4-6,9-10H2,1-3H3,(H,21,23)(H,22,24). The molecule has 0 bridgehead atoms. The molecule has 0 aliphatic heterocycles. The summed E-state index contributed by atoms with van der Waals surface area (Å²) in [5.41, 5.74) is 0.689. The van der Waals surface area contributed by atoms with Crippen LogP contribution in [-0.4, -0.2) is 17.4 Å². The second-order valence-corrected chi connectivity index (χ2v) is 7.83. The van der Waals surface area contributed by atoms with Crippen molar-refractivity contribution in [3.8, 4) is 0 Å². The number of fused-ring (bicyclic) bond motifs is 1. The molecule has 1 fully saturated rings. The first-order valence-corrected chi connectivity index (χ1v) is 9.00. The predicted octanol–water partition coefficient (Wildman–Crippen LogP) is 4.48. The van der Waals surface area contributed by atoms with Gasteiger partial charge in [-0.1, -0.05) is 31.4 Å². The Hall–Kier alpha value is -2.30. The Balaban J connectivity index is 1.92. The molecule has 1 aliphatic carbocycles. The molecule has 0 saturated heterocycles. The number of rotatable bonds is 3. The van der Waals surface area contributed by atoms with Crippen molar-refractivity contribution in [2.45, 2.75) is 58.4 Å². The van der Waals surface area contributed by atoms with Crippen LogP contribution in [0.5, 0.6) is 0 Å². The minimum absolute atomic E-state index is 0.0148. The molecule has 134 valence electrons. The summed E-state index contributed by atoms with van der Waals surface area (Å²) in [5.74, 6) is -0.153. The zero-order chi connectivity index (χ0) is 18.0. The van der Waals surface area contributed by atoms with E-state index < -0.39 is 0 Å². The molecule has 0 spiro atoms. The monoisotopic (exact) mass is 342 g/mol. The zero-order valence-electron chi connectivity index (χ0n) is 15.1. The Morgan fingerprint density at radius 1 is 1.08 bits per heavy atom. The first-order chi connectivity index (χ1) is 11.8. The summed E-state index contributed by atoms with van der Waals surface area (Å²) in [5, 5.41) is 6.64. The highest BCUT2D eigenvalue weighted by molar-refractivity contribution is 6.11. The molecule has 1 aromatic heterocycles. The van der Waals surface area contributed by atoms with E-state index in [2.05, 4.69) is 10.6 Å². The van der Waals surface area contributed by atoms with Gasteiger partial charge in [0, 0.05) is 16.8 Å². The second-order valence-electron chi connectivity index (χ2n) is 7.83. The van der Waals surface area contributed by atoms with Crippen LogP contribution >= 0.6 is 0 Å². The van der Waals surface area contributed by atoms with E-state index in [9.17, 15) is 9.59 Å². The Bertz CT molecular complexity index is 780. The van der Waals surface area contributed by atoms with E-state index in [1.807, 2.05) is 39.0 Å². The lowest BCUT2D eigenvalue weighted by Gasteiger charge is -2.22. The van der Waals surface area contributed by atoms with Crippen molar-refractivity contribution in [3.63, 3.8) is 0 Å². The van der Waals surface area contributed by atoms with E-state index >= 15 is 0 Å². The van der Waals surface area contributed by atoms with Crippen LogP contribution in [0.4, 0.5) is 5.69 Å². The van der Waals surface area contributed by atoms with Gasteiger partial charge in [0.1, 0.15) is 11.3 Å². The maximum Gasteiger partial charge on any atom is 0.289 e. The predicted molar refractivity (Wildman–Crippen MR) is 98.6 cm³/mol. The minimum Gasteiger partial charge on any atom is -0.449 e. The summed E-state index contributed by atoms with van der Waals surface area (Å²) in [7, 11) is 0. The molecule has 1 aliphatic rings. The highest BCUT2D eigenvalue weighted by Gasteiger charge is 2.27. The normalized spacial score (nSPS) is 16.0. The molecule has 0 unspecified atom stereocenters. The van der Waals surface area contributed by atoms with Gasteiger partial charge >= 0.3 is 0 Å². The number of para-hydroxylation sites is 1. The minimum atomic E-state index is -0.388. The van der Waals surface area contributed by atoms with E-state index in [0.29, 0.717) is 11.3 Å². The number of hydrogen-bond acceptors (Lipinski definition) is 3. The van der Waals surface area contributed by atoms with Crippen LogP contribution in [0, 0.1) is 5.92 Å². The molecule has 1 saturated carbocycles. The van der Waals surface area contributed by atoms with Gasteiger partial charge in [0.15, 0.2) is 0 Å². The Kier molecular flexibility index (Phi) is 4.84. The number of carbonyl (C=O) groups excluding carboxylic acids is 2. The van der Waals surface area contributed by atoms with Crippen LogP contribution in [0.25, 0.3) is 11.0 Å². The summed E-state index contributed by atoms with van der Waals surface area (Å²) in [6.45, 7) is 5.73. The number of benzene rings is 1. The Morgan fingerprint density at radius 2 is 1.76 bits per heavy atom. The van der Waals surface area contributed by atoms with Crippen molar-refractivity contribution >= 4 is 28.5 Å². The van der Waals surface area contributed by atoms with Gasteiger partial charge in [-0.25, -0.2) is 0 Å². The van der Waals surface area contributed by atoms with Crippen LogP contribution in [0.3, 0.4) is 0 Å². The van der Waals surface area contributed by atoms with Gasteiger partial charge in [0.2, 0.25) is 11.7 Å². The van der Waals surface area contributed by atoms with Crippen LogP contribution in [0.2, 0.25) is 0 Å². The topological polar surface area (TPSA) is 71.3 Å². The van der Waals surface area contributed by atoms with E-state index in [4.69, 9.17) is 4.42 Å². The molecule has 2 N–H and O–H groups in total. The third-order valence-corrected chi connectivity index (χ3v) is 4.51. The number of amides is 2. The Morgan fingerprint density at radius 3 is 2.44 bits per heavy atom. The summed E-state index contributed by atoms with van der Waals surface area (Å²) in [6, 6.07) is 7.40. The van der Waals surface area contributed by atoms with Gasteiger partial charge in [-0.05, 0) is 45.7 Å². The van der Waals surface area contributed by atoms with Crippen molar-refractivity contribution in [1.29, 1.82) is 0 Å². The lowest BCUT2D eigenvalue weighted by atomic mass is 9.88. The molecule has 2 amide bonds. The molecule has 5 nitrogen and oxygen atoms in total. The number of carbonyl (C=O) groups is 2. The van der Waals surface area contributed by atoms with Crippen molar-refractivity contribution < 1.29 is 14.0 Å². The molecule has 1 heterocycles. The molecule has 2 aromatic rings. The van der Waals surface area contributed by atoms with Crippen molar-refractivity contribution in [2.24, 2.45) is 5.92 Å². The molecule has 3 rings (SSSR count). The lowest BCUT2D eigenvalue weighted by molar-refractivity contribution is -0.120. The molecular weight excluding hydrogens is 316 g/mol. The Labute approximate surface area is 148 Å². The fourth-order valence-electron chi connectivity index (χ4n) is 3.32. The van der Waals surface area contributed by atoms with Crippen molar-refractivity contribution in [1.82, 2.24) is 5.32 Å². The van der Waals surface area contributed by atoms with Crippen LogP contribution in [-0.2, 0) is 4.79 Å². The molecule has 0 atom stereocenters. The quantitative estimate of drug-likeness (QED) is 0.864. The highest BCUT2D eigenvalue weighted by Crippen LogP contribution is 2.33. The van der Waals surface area contributed by atoms with E-state index in [-0.39, 0.29) is 29.0 Å². The third-order valence-electron chi connectivity index (χ3n) is 4.51. The van der Waals surface area contributed by atoms with Gasteiger partial charge in [-0.2, -0.15) is 0 Å². The molecule has 25 heavy (non-hydrogen) atoms. The number of hydrogen-bond donors (Lipinski definition) is 2. The largest absolute Gasteiger partial charge is 0.449 e. The SMILES string of the molecule is CC(C)(C)NC(=O)c1oc2ccccc2c1NC(=O)C1CCCCC1. The van der Waals surface area contributed by atoms with Crippen LogP contribution in [0.1, 0.15) is 63.4 Å². The average Bonchev–Trinajstić information content (AvgIpc) is 2.93. The van der Waals surface area contributed by atoms with E-state index in [1.54, 1.807) is 6.07 Å². The fraction of sp³-hybridized carbons (Fsp3) is 0.500. The molecular formula is C20H26N2O3. The fourth-order valence-corrected chi connectivity index (χ4v) is 3.32. The highest BCUT2D eigenvalue weighted by atomic mass is 16.3. The lowest BCUT2D eigenvalue weighted by Crippen LogP contribution is -2.40. The first kappa shape index (κ1) is 17.5. The maximum atomic E-state index is 12.7. The van der Waals surface area contributed by atoms with Gasteiger partial charge < -0.3 is 15.1 Å². The van der Waals surface area contributed by atoms with Gasteiger partial charge in [0.05, 0.1) is 0 Å². The number of nitrogens with one attached hydrogen (secondary N) is 2. The molecule has 5 heteroatoms. The first-order valence-electron chi connectivity index (χ1n) is 9.00. The number of anilines is 1. The van der Waals surface area contributed by atoms with Gasteiger partial charge in [-0.15, -0.1) is 0 Å². The molecule has 0 radical (unpaired) electrons. The molecule has 1 aromatic carbocycles. The zero-order valence-corrected chi connectivity index (χ0v) is 15.1. The summed E-state index contributed by atoms with van der Waals surface area (Å²) in [6.07, 6.45) is 5.18. The maximum absolute atomic E-state index is 12.7. The smallest absolute Gasteiger partial charge is 0.289 e. The summed E-state index contributed by atoms with van der Waals surface area (Å²) in [4.78, 5) is 25.3. The van der Waals surface area contributed by atoms with Gasteiger partial charge in [-0.3, -0.25) is 9.59 Å². The second kappa shape index (κ2) is 6.90. The van der Waals surface area contributed by atoms with E-state index in [0.717, 1.165) is 31.1 Å². The van der Waals surface area contributed by atoms with Crippen LogP contribution < -0.4 is 10.6 Å². The van der Waals surface area contributed by atoms with Crippen molar-refractivity contribution in [2.75, 3.05) is 5.32 Å². The third kappa shape index (κ3) is 4.03. The van der Waals surface area contributed by atoms with Gasteiger partial charge in [0.25, 0.3) is 5.91 Å². The number of furan rings is 1. The van der Waals surface area contributed by atoms with Crippen LogP contribution in [0.15, 0.2) is 28.7 Å². The summed E-state index contributed by atoms with van der Waals surface area (Å²) < 4.78 is 5.77. The average molecular weight is 342 g/mol.